The molecular weight excluding hydrogens is 319 g/mol. The topological polar surface area (TPSA) is 9.23 Å². The van der Waals surface area contributed by atoms with E-state index in [1.807, 2.05) is 12.3 Å². The van der Waals surface area contributed by atoms with Crippen molar-refractivity contribution >= 4 is 46.0 Å². The van der Waals surface area contributed by atoms with Gasteiger partial charge in [0, 0.05) is 21.1 Å². The van der Waals surface area contributed by atoms with Gasteiger partial charge in [-0.1, -0.05) is 11.6 Å². The molecule has 0 saturated heterocycles. The third-order valence-electron chi connectivity index (χ3n) is 1.66. The zero-order valence-electron chi connectivity index (χ0n) is 7.43. The fourth-order valence-corrected chi connectivity index (χ4v) is 2.44. The Labute approximate surface area is 101 Å². The fraction of sp³-hybridized carbons (Fsp3) is 0.333. The van der Waals surface area contributed by atoms with Crippen LogP contribution in [0.1, 0.15) is 5.56 Å². The molecule has 0 bridgehead atoms. The summed E-state index contributed by atoms with van der Waals surface area (Å²) < 4.78 is 6.18. The second kappa shape index (κ2) is 5.44. The summed E-state index contributed by atoms with van der Waals surface area (Å²) in [5.41, 5.74) is 1.09. The second-order valence-corrected chi connectivity index (χ2v) is 4.86. The quantitative estimate of drug-likeness (QED) is 0.616. The molecule has 0 aromatic heterocycles. The Kier molecular flexibility index (Phi) is 4.86. The second-order valence-electron chi connectivity index (χ2n) is 2.48. The molecule has 0 aliphatic carbocycles. The van der Waals surface area contributed by atoms with E-state index in [1.165, 1.54) is 4.90 Å². The van der Waals surface area contributed by atoms with Crippen LogP contribution in [0, 0.1) is 3.57 Å². The number of hydrogen-bond donors (Lipinski definition) is 0. The summed E-state index contributed by atoms with van der Waals surface area (Å²) in [5.74, 6) is 0. The van der Waals surface area contributed by atoms with Crippen LogP contribution in [-0.2, 0) is 11.3 Å². The van der Waals surface area contributed by atoms with Crippen LogP contribution < -0.4 is 0 Å². The van der Waals surface area contributed by atoms with E-state index in [0.29, 0.717) is 6.61 Å². The smallest absolute Gasteiger partial charge is 0.0738 e. The molecule has 1 nitrogen and oxygen atoms in total. The summed E-state index contributed by atoms with van der Waals surface area (Å²) in [5, 5.41) is 0.814. The Balaban J connectivity index is 3.15. The van der Waals surface area contributed by atoms with E-state index in [4.69, 9.17) is 16.3 Å². The molecule has 0 aliphatic heterocycles. The molecule has 0 unspecified atom stereocenters. The highest BCUT2D eigenvalue weighted by Crippen LogP contribution is 2.31. The minimum absolute atomic E-state index is 0.575. The Morgan fingerprint density at radius 1 is 1.54 bits per heavy atom. The lowest BCUT2D eigenvalue weighted by atomic mass is 10.2. The Hall–Kier alpha value is 0.550. The monoisotopic (exact) mass is 328 g/mol. The standard InChI is InChI=1S/C9H10ClIOS/c1-12-5-6-8(13-2)4-3-7(11)9(6)10/h3-4H,5H2,1-2H3. The summed E-state index contributed by atoms with van der Waals surface area (Å²) in [6, 6.07) is 4.10. The summed E-state index contributed by atoms with van der Waals surface area (Å²) in [4.78, 5) is 1.19. The van der Waals surface area contributed by atoms with Crippen molar-refractivity contribution in [3.63, 3.8) is 0 Å². The van der Waals surface area contributed by atoms with Crippen molar-refractivity contribution in [2.75, 3.05) is 13.4 Å². The highest BCUT2D eigenvalue weighted by molar-refractivity contribution is 14.1. The van der Waals surface area contributed by atoms with E-state index < -0.39 is 0 Å². The van der Waals surface area contributed by atoms with Crippen LogP contribution in [0.3, 0.4) is 0 Å². The Bertz CT molecular complexity index is 304. The summed E-state index contributed by atoms with van der Waals surface area (Å²) in [7, 11) is 1.68. The third-order valence-corrected chi connectivity index (χ3v) is 4.13. The Morgan fingerprint density at radius 3 is 2.77 bits per heavy atom. The van der Waals surface area contributed by atoms with Crippen molar-refractivity contribution in [1.29, 1.82) is 0 Å². The predicted molar refractivity (Wildman–Crippen MR) is 66.7 cm³/mol. The molecule has 0 spiro atoms. The molecule has 0 amide bonds. The van der Waals surface area contributed by atoms with Gasteiger partial charge in [-0.3, -0.25) is 0 Å². The molecule has 0 radical (unpaired) electrons. The number of hydrogen-bond acceptors (Lipinski definition) is 2. The predicted octanol–water partition coefficient (Wildman–Crippen LogP) is 3.81. The molecule has 72 valence electrons. The van der Waals surface area contributed by atoms with Gasteiger partial charge >= 0.3 is 0 Å². The van der Waals surface area contributed by atoms with Crippen LogP contribution in [0.5, 0.6) is 0 Å². The molecule has 0 aliphatic rings. The molecule has 0 saturated carbocycles. The lowest BCUT2D eigenvalue weighted by molar-refractivity contribution is 0.183. The van der Waals surface area contributed by atoms with E-state index in [-0.39, 0.29) is 0 Å². The van der Waals surface area contributed by atoms with Gasteiger partial charge in [0.2, 0.25) is 0 Å². The van der Waals surface area contributed by atoms with Gasteiger partial charge in [0.25, 0.3) is 0 Å². The summed E-state index contributed by atoms with van der Waals surface area (Å²) in [6.07, 6.45) is 2.04. The first kappa shape index (κ1) is 11.6. The number of benzene rings is 1. The molecule has 1 aromatic rings. The number of thioether (sulfide) groups is 1. The molecule has 1 aromatic carbocycles. The number of methoxy groups -OCH3 is 1. The van der Waals surface area contributed by atoms with Gasteiger partial charge in [0.1, 0.15) is 0 Å². The van der Waals surface area contributed by atoms with Gasteiger partial charge in [0.15, 0.2) is 0 Å². The van der Waals surface area contributed by atoms with Gasteiger partial charge in [-0.25, -0.2) is 0 Å². The van der Waals surface area contributed by atoms with Crippen LogP contribution >= 0.6 is 46.0 Å². The lowest BCUT2D eigenvalue weighted by Gasteiger charge is -2.09. The molecule has 0 heterocycles. The molecule has 13 heavy (non-hydrogen) atoms. The molecule has 4 heteroatoms. The van der Waals surface area contributed by atoms with Gasteiger partial charge < -0.3 is 4.74 Å². The van der Waals surface area contributed by atoms with Crippen molar-refractivity contribution in [2.45, 2.75) is 11.5 Å². The van der Waals surface area contributed by atoms with E-state index >= 15 is 0 Å². The van der Waals surface area contributed by atoms with Crippen molar-refractivity contribution in [3.05, 3.63) is 26.3 Å². The fourth-order valence-electron chi connectivity index (χ4n) is 1.04. The normalized spacial score (nSPS) is 10.5. The van der Waals surface area contributed by atoms with Crippen LogP contribution in [0.15, 0.2) is 17.0 Å². The van der Waals surface area contributed by atoms with Crippen molar-refractivity contribution in [1.82, 2.24) is 0 Å². The first-order valence-electron chi connectivity index (χ1n) is 3.70. The van der Waals surface area contributed by atoms with Gasteiger partial charge in [0.05, 0.1) is 11.6 Å². The summed E-state index contributed by atoms with van der Waals surface area (Å²) >= 11 is 10.1. The average molecular weight is 329 g/mol. The molecule has 0 atom stereocenters. The van der Waals surface area contributed by atoms with E-state index in [1.54, 1.807) is 18.9 Å². The van der Waals surface area contributed by atoms with Gasteiger partial charge in [-0.15, -0.1) is 11.8 Å². The molecule has 0 fully saturated rings. The van der Waals surface area contributed by atoms with E-state index in [0.717, 1.165) is 14.2 Å². The number of rotatable bonds is 3. The number of halogens is 2. The third kappa shape index (κ3) is 2.75. The van der Waals surface area contributed by atoms with E-state index in [2.05, 4.69) is 28.7 Å². The zero-order chi connectivity index (χ0) is 9.84. The molecular formula is C9H10ClIOS. The SMILES string of the molecule is COCc1c(SC)ccc(I)c1Cl. The minimum atomic E-state index is 0.575. The van der Waals surface area contributed by atoms with Crippen molar-refractivity contribution in [2.24, 2.45) is 0 Å². The highest BCUT2D eigenvalue weighted by Gasteiger charge is 2.09. The first-order valence-corrected chi connectivity index (χ1v) is 6.38. The van der Waals surface area contributed by atoms with Crippen LogP contribution in [0.2, 0.25) is 5.02 Å². The molecule has 1 rings (SSSR count). The average Bonchev–Trinajstić information content (AvgIpc) is 2.14. The van der Waals surface area contributed by atoms with Crippen molar-refractivity contribution < 1.29 is 4.74 Å². The maximum Gasteiger partial charge on any atom is 0.0738 e. The van der Waals surface area contributed by atoms with Crippen molar-refractivity contribution in [3.8, 4) is 0 Å². The maximum absolute atomic E-state index is 6.16. The van der Waals surface area contributed by atoms with Crippen LogP contribution in [0.4, 0.5) is 0 Å². The van der Waals surface area contributed by atoms with Gasteiger partial charge in [-0.2, -0.15) is 0 Å². The summed E-state index contributed by atoms with van der Waals surface area (Å²) in [6.45, 7) is 0.575. The van der Waals surface area contributed by atoms with Crippen LogP contribution in [-0.4, -0.2) is 13.4 Å². The zero-order valence-corrected chi connectivity index (χ0v) is 11.2. The Morgan fingerprint density at radius 2 is 2.23 bits per heavy atom. The maximum atomic E-state index is 6.16. The lowest BCUT2D eigenvalue weighted by Crippen LogP contribution is -1.93. The van der Waals surface area contributed by atoms with Crippen LogP contribution in [0.25, 0.3) is 0 Å². The highest BCUT2D eigenvalue weighted by atomic mass is 127. The molecule has 0 N–H and O–H groups in total. The van der Waals surface area contributed by atoms with E-state index in [9.17, 15) is 0 Å². The number of ether oxygens (including phenoxy) is 1. The largest absolute Gasteiger partial charge is 0.380 e. The first-order chi connectivity index (χ1) is 6.20. The minimum Gasteiger partial charge on any atom is -0.380 e. The van der Waals surface area contributed by atoms with Gasteiger partial charge in [-0.05, 0) is 41.0 Å².